The van der Waals surface area contributed by atoms with Crippen molar-refractivity contribution < 1.29 is 19.5 Å². The van der Waals surface area contributed by atoms with Gasteiger partial charge in [0, 0.05) is 19.5 Å². The van der Waals surface area contributed by atoms with Crippen LogP contribution in [0.4, 0.5) is 0 Å². The normalized spacial score (nSPS) is 27.3. The average molecular weight is 315 g/mol. The molecule has 0 saturated carbocycles. The number of allylic oxidation sites excluding steroid dienone is 10. The van der Waals surface area contributed by atoms with Gasteiger partial charge in [0.1, 0.15) is 0 Å². The van der Waals surface area contributed by atoms with Crippen molar-refractivity contribution in [1.29, 1.82) is 0 Å². The second-order valence-electron chi connectivity index (χ2n) is 3.92. The van der Waals surface area contributed by atoms with Crippen LogP contribution >= 0.6 is 0 Å². The fourth-order valence-electron chi connectivity index (χ4n) is 1.53. The van der Waals surface area contributed by atoms with Gasteiger partial charge >= 0.3 is 0 Å². The van der Waals surface area contributed by atoms with Crippen LogP contribution in [0.3, 0.4) is 0 Å². The third-order valence-electron chi connectivity index (χ3n) is 2.44. The van der Waals surface area contributed by atoms with E-state index in [1.54, 1.807) is 0 Å². The zero-order valence-corrected chi connectivity index (χ0v) is 12.1. The van der Waals surface area contributed by atoms with Gasteiger partial charge in [-0.3, -0.25) is 0 Å². The summed E-state index contributed by atoms with van der Waals surface area (Å²) in [6.07, 6.45) is 29.0. The van der Waals surface area contributed by atoms with Crippen molar-refractivity contribution in [3.8, 4) is 0 Å². The zero-order chi connectivity index (χ0) is 11.3. The Labute approximate surface area is 119 Å². The molecule has 0 saturated heterocycles. The average Bonchev–Trinajstić information content (AvgIpc) is 2.15. The molecular weight excluding hydrogens is 293 g/mol. The third-order valence-corrected chi connectivity index (χ3v) is 2.44. The van der Waals surface area contributed by atoms with Crippen molar-refractivity contribution in [3.63, 3.8) is 0 Å². The molecule has 0 amide bonds. The SMILES string of the molecule is C1=C\C=C/CC\C=C/1.C1=C\CC/C=C\CC/1.[Ru]. The molecule has 0 spiro atoms. The topological polar surface area (TPSA) is 0 Å². The van der Waals surface area contributed by atoms with E-state index in [4.69, 9.17) is 0 Å². The fourth-order valence-corrected chi connectivity index (χ4v) is 1.53. The summed E-state index contributed by atoms with van der Waals surface area (Å²) in [6, 6.07) is 0. The Hall–Kier alpha value is -0.677. The second-order valence-corrected chi connectivity index (χ2v) is 3.92. The summed E-state index contributed by atoms with van der Waals surface area (Å²) in [5.41, 5.74) is 0. The minimum Gasteiger partial charge on any atom is -0.0882 e. The van der Waals surface area contributed by atoms with Gasteiger partial charge in [0.05, 0.1) is 0 Å². The molecule has 0 bridgehead atoms. The van der Waals surface area contributed by atoms with Crippen LogP contribution in [0.15, 0.2) is 60.8 Å². The van der Waals surface area contributed by atoms with Gasteiger partial charge in [-0.05, 0) is 38.5 Å². The van der Waals surface area contributed by atoms with Crippen LogP contribution in [0, 0.1) is 0 Å². The first-order chi connectivity index (χ1) is 8.00. The van der Waals surface area contributed by atoms with Crippen LogP contribution < -0.4 is 0 Å². The van der Waals surface area contributed by atoms with Crippen molar-refractivity contribution in [2.24, 2.45) is 0 Å². The Kier molecular flexibility index (Phi) is 12.9. The Balaban J connectivity index is 0.000000284. The van der Waals surface area contributed by atoms with E-state index >= 15 is 0 Å². The van der Waals surface area contributed by atoms with Crippen LogP contribution in [0.1, 0.15) is 38.5 Å². The molecular formula is C16H22Ru. The molecule has 0 aromatic heterocycles. The van der Waals surface area contributed by atoms with E-state index < -0.39 is 0 Å². The fraction of sp³-hybridized carbons (Fsp3) is 0.375. The van der Waals surface area contributed by atoms with E-state index in [1.807, 2.05) is 0 Å². The van der Waals surface area contributed by atoms with Crippen LogP contribution in [0.2, 0.25) is 0 Å². The molecule has 17 heavy (non-hydrogen) atoms. The molecule has 2 aliphatic rings. The van der Waals surface area contributed by atoms with Crippen LogP contribution in [-0.4, -0.2) is 0 Å². The molecule has 0 N–H and O–H groups in total. The van der Waals surface area contributed by atoms with E-state index in [0.29, 0.717) is 0 Å². The van der Waals surface area contributed by atoms with Crippen LogP contribution in [-0.2, 0) is 19.5 Å². The third kappa shape index (κ3) is 11.6. The maximum absolute atomic E-state index is 2.27. The molecule has 0 unspecified atom stereocenters. The standard InChI is InChI=1S/C8H12.C8H10.Ru/c2*1-2-4-6-8-7-5-3-1;/h1-2,7-8H,3-6H2;1-6H,7-8H2;/b2-1-,8-7-;2-1-,5-3-,6-4-;. The van der Waals surface area contributed by atoms with Crippen molar-refractivity contribution in [2.45, 2.75) is 38.5 Å². The maximum atomic E-state index is 2.27. The van der Waals surface area contributed by atoms with Crippen molar-refractivity contribution >= 4 is 0 Å². The first-order valence-corrected chi connectivity index (χ1v) is 6.28. The van der Waals surface area contributed by atoms with Crippen molar-refractivity contribution in [1.82, 2.24) is 0 Å². The summed E-state index contributed by atoms with van der Waals surface area (Å²) in [6.45, 7) is 0. The summed E-state index contributed by atoms with van der Waals surface area (Å²) >= 11 is 0. The number of hydrogen-bond donors (Lipinski definition) is 0. The van der Waals surface area contributed by atoms with Gasteiger partial charge in [-0.25, -0.2) is 0 Å². The summed E-state index contributed by atoms with van der Waals surface area (Å²) in [7, 11) is 0. The smallest absolute Gasteiger partial charge is 0 e. The van der Waals surface area contributed by atoms with Gasteiger partial charge in [-0.15, -0.1) is 0 Å². The molecule has 0 atom stereocenters. The molecule has 94 valence electrons. The van der Waals surface area contributed by atoms with Gasteiger partial charge in [0.2, 0.25) is 0 Å². The Morgan fingerprint density at radius 2 is 0.647 bits per heavy atom. The first-order valence-electron chi connectivity index (χ1n) is 6.28. The molecule has 2 rings (SSSR count). The molecule has 0 aliphatic heterocycles. The Morgan fingerprint density at radius 1 is 0.353 bits per heavy atom. The van der Waals surface area contributed by atoms with Gasteiger partial charge in [-0.1, -0.05) is 60.8 Å². The second kappa shape index (κ2) is 13.4. The minimum absolute atomic E-state index is 0. The van der Waals surface area contributed by atoms with E-state index in [0.717, 1.165) is 0 Å². The van der Waals surface area contributed by atoms with E-state index in [9.17, 15) is 0 Å². The van der Waals surface area contributed by atoms with E-state index in [2.05, 4.69) is 60.8 Å². The van der Waals surface area contributed by atoms with Gasteiger partial charge in [-0.2, -0.15) is 0 Å². The Bertz CT molecular complexity index is 251. The zero-order valence-electron chi connectivity index (χ0n) is 10.4. The molecule has 0 aromatic carbocycles. The predicted molar refractivity (Wildman–Crippen MR) is 73.4 cm³/mol. The van der Waals surface area contributed by atoms with Gasteiger partial charge < -0.3 is 0 Å². The van der Waals surface area contributed by atoms with Crippen molar-refractivity contribution in [2.75, 3.05) is 0 Å². The molecule has 0 nitrogen and oxygen atoms in total. The largest absolute Gasteiger partial charge is 0.0882 e. The summed E-state index contributed by atoms with van der Waals surface area (Å²) in [5, 5.41) is 0. The number of hydrogen-bond acceptors (Lipinski definition) is 0. The molecule has 0 fully saturated rings. The first kappa shape index (κ1) is 16.3. The van der Waals surface area contributed by atoms with Crippen LogP contribution in [0.5, 0.6) is 0 Å². The van der Waals surface area contributed by atoms with E-state index in [1.165, 1.54) is 38.5 Å². The van der Waals surface area contributed by atoms with Crippen molar-refractivity contribution in [3.05, 3.63) is 60.8 Å². The van der Waals surface area contributed by atoms with Gasteiger partial charge in [0.25, 0.3) is 0 Å². The summed E-state index contributed by atoms with van der Waals surface area (Å²) < 4.78 is 0. The molecule has 0 aromatic rings. The molecule has 0 radical (unpaired) electrons. The minimum atomic E-state index is 0. The number of rotatable bonds is 0. The predicted octanol–water partition coefficient (Wildman–Crippen LogP) is 5.12. The van der Waals surface area contributed by atoms with Crippen LogP contribution in [0.25, 0.3) is 0 Å². The quantitative estimate of drug-likeness (QED) is 0.430. The Morgan fingerprint density at radius 3 is 1.00 bits per heavy atom. The molecule has 1 heteroatoms. The molecule has 2 aliphatic carbocycles. The monoisotopic (exact) mass is 316 g/mol. The molecule has 0 heterocycles. The summed E-state index contributed by atoms with van der Waals surface area (Å²) in [4.78, 5) is 0. The van der Waals surface area contributed by atoms with E-state index in [-0.39, 0.29) is 19.5 Å². The summed E-state index contributed by atoms with van der Waals surface area (Å²) in [5.74, 6) is 0. The maximum Gasteiger partial charge on any atom is 0 e. The van der Waals surface area contributed by atoms with Gasteiger partial charge in [0.15, 0.2) is 0 Å².